The number of rotatable bonds is 3. The van der Waals surface area contributed by atoms with Crippen LogP contribution in [0.5, 0.6) is 5.75 Å². The van der Waals surface area contributed by atoms with E-state index in [1.165, 1.54) is 18.2 Å². The fourth-order valence-electron chi connectivity index (χ4n) is 2.83. The number of esters is 1. The summed E-state index contributed by atoms with van der Waals surface area (Å²) in [7, 11) is 0. The molecule has 4 nitrogen and oxygen atoms in total. The maximum absolute atomic E-state index is 13.2. The Balaban J connectivity index is 1.94. The minimum atomic E-state index is -0.755. The van der Waals surface area contributed by atoms with Crippen LogP contribution in [0.1, 0.15) is 10.4 Å². The number of hydrogen-bond donors (Lipinski definition) is 0. The van der Waals surface area contributed by atoms with Gasteiger partial charge in [-0.05, 0) is 48.5 Å². The summed E-state index contributed by atoms with van der Waals surface area (Å²) < 4.78 is 11.4. The second kappa shape index (κ2) is 7.91. The molecule has 0 N–H and O–H groups in total. The van der Waals surface area contributed by atoms with E-state index in [9.17, 15) is 9.59 Å². The highest BCUT2D eigenvalue weighted by molar-refractivity contribution is 6.33. The average molecular weight is 446 g/mol. The van der Waals surface area contributed by atoms with Crippen molar-refractivity contribution in [2.45, 2.75) is 0 Å². The Morgan fingerprint density at radius 1 is 0.862 bits per heavy atom. The van der Waals surface area contributed by atoms with Crippen LogP contribution in [0.15, 0.2) is 75.9 Å². The van der Waals surface area contributed by atoms with E-state index in [0.717, 1.165) is 0 Å². The maximum atomic E-state index is 13.2. The van der Waals surface area contributed by atoms with Gasteiger partial charge in [0.15, 0.2) is 5.76 Å². The van der Waals surface area contributed by atoms with E-state index >= 15 is 0 Å². The number of hydrogen-bond acceptors (Lipinski definition) is 4. The van der Waals surface area contributed by atoms with Gasteiger partial charge in [0.1, 0.15) is 5.58 Å². The smallest absolute Gasteiger partial charge is 0.343 e. The summed E-state index contributed by atoms with van der Waals surface area (Å²) in [5.41, 5.74) is 0.348. The molecule has 0 unspecified atom stereocenters. The van der Waals surface area contributed by atoms with Gasteiger partial charge in [0.25, 0.3) is 0 Å². The third-order valence-electron chi connectivity index (χ3n) is 4.18. The molecule has 0 bridgehead atoms. The Hall–Kier alpha value is -2.79. The molecule has 0 saturated heterocycles. The van der Waals surface area contributed by atoms with Gasteiger partial charge < -0.3 is 9.15 Å². The zero-order valence-electron chi connectivity index (χ0n) is 14.6. The van der Waals surface area contributed by atoms with Crippen molar-refractivity contribution in [3.05, 3.63) is 97.6 Å². The van der Waals surface area contributed by atoms with E-state index in [-0.39, 0.29) is 28.0 Å². The van der Waals surface area contributed by atoms with Crippen LogP contribution in [-0.2, 0) is 0 Å². The van der Waals surface area contributed by atoms with Crippen LogP contribution >= 0.6 is 34.8 Å². The van der Waals surface area contributed by atoms with Crippen LogP contribution in [0, 0.1) is 0 Å². The van der Waals surface area contributed by atoms with E-state index in [4.69, 9.17) is 44.0 Å². The first-order valence-corrected chi connectivity index (χ1v) is 9.56. The van der Waals surface area contributed by atoms with Crippen LogP contribution in [0.25, 0.3) is 22.3 Å². The Kier molecular flexibility index (Phi) is 5.33. The van der Waals surface area contributed by atoms with Crippen LogP contribution in [0.3, 0.4) is 0 Å². The van der Waals surface area contributed by atoms with Gasteiger partial charge in [-0.15, -0.1) is 0 Å². The highest BCUT2D eigenvalue weighted by Crippen LogP contribution is 2.36. The molecule has 0 radical (unpaired) electrons. The normalized spacial score (nSPS) is 10.9. The van der Waals surface area contributed by atoms with Crippen molar-refractivity contribution < 1.29 is 13.9 Å². The van der Waals surface area contributed by atoms with E-state index in [1.54, 1.807) is 48.5 Å². The zero-order valence-corrected chi connectivity index (χ0v) is 16.9. The predicted octanol–water partition coefficient (Wildman–Crippen LogP) is 6.64. The van der Waals surface area contributed by atoms with Gasteiger partial charge in [-0.3, -0.25) is 4.79 Å². The van der Waals surface area contributed by atoms with E-state index in [0.29, 0.717) is 20.6 Å². The Labute approximate surface area is 180 Å². The second-order valence-electron chi connectivity index (χ2n) is 6.11. The predicted molar refractivity (Wildman–Crippen MR) is 114 cm³/mol. The van der Waals surface area contributed by atoms with Gasteiger partial charge in [0.05, 0.1) is 16.0 Å². The standard InChI is InChI=1S/C22H11Cl3O4/c23-13-5-3-4-12(10-13)22(27)29-21-19(26)16-11-14(24)8-9-18(16)28-20(21)15-6-1-2-7-17(15)25/h1-11H. The third-order valence-corrected chi connectivity index (χ3v) is 4.98. The molecule has 0 fully saturated rings. The lowest BCUT2D eigenvalue weighted by molar-refractivity contribution is 0.0731. The fourth-order valence-corrected chi connectivity index (χ4v) is 3.42. The molecular formula is C22H11Cl3O4. The molecule has 3 aromatic carbocycles. The summed E-state index contributed by atoms with van der Waals surface area (Å²) in [5.74, 6) is -0.988. The molecule has 29 heavy (non-hydrogen) atoms. The monoisotopic (exact) mass is 444 g/mol. The highest BCUT2D eigenvalue weighted by Gasteiger charge is 2.23. The van der Waals surface area contributed by atoms with Crippen molar-refractivity contribution in [2.24, 2.45) is 0 Å². The van der Waals surface area contributed by atoms with Crippen molar-refractivity contribution in [1.82, 2.24) is 0 Å². The first-order valence-electron chi connectivity index (χ1n) is 8.43. The Morgan fingerprint density at radius 2 is 1.62 bits per heavy atom. The van der Waals surface area contributed by atoms with E-state index in [1.807, 2.05) is 0 Å². The van der Waals surface area contributed by atoms with Crippen LogP contribution in [0.2, 0.25) is 15.1 Å². The summed E-state index contributed by atoms with van der Waals surface area (Å²) in [4.78, 5) is 25.8. The van der Waals surface area contributed by atoms with Crippen molar-refractivity contribution in [3.8, 4) is 17.1 Å². The Morgan fingerprint density at radius 3 is 2.38 bits per heavy atom. The number of ether oxygens (including phenoxy) is 1. The molecule has 0 saturated carbocycles. The van der Waals surface area contributed by atoms with E-state index in [2.05, 4.69) is 0 Å². The Bertz CT molecular complexity index is 1310. The fraction of sp³-hybridized carbons (Fsp3) is 0. The van der Waals surface area contributed by atoms with Gasteiger partial charge in [-0.1, -0.05) is 53.0 Å². The SMILES string of the molecule is O=C(Oc1c(-c2ccccc2Cl)oc2ccc(Cl)cc2c1=O)c1cccc(Cl)c1. The molecule has 144 valence electrons. The van der Waals surface area contributed by atoms with Crippen LogP contribution in [0.4, 0.5) is 0 Å². The lowest BCUT2D eigenvalue weighted by Crippen LogP contribution is -2.16. The minimum absolute atomic E-state index is 0.0470. The van der Waals surface area contributed by atoms with Crippen molar-refractivity contribution in [1.29, 1.82) is 0 Å². The van der Waals surface area contributed by atoms with E-state index < -0.39 is 11.4 Å². The first-order chi connectivity index (χ1) is 13.9. The molecule has 0 spiro atoms. The molecule has 1 aromatic heterocycles. The summed E-state index contributed by atoms with van der Waals surface area (Å²) in [6.07, 6.45) is 0. The van der Waals surface area contributed by atoms with Crippen molar-refractivity contribution >= 4 is 51.7 Å². The molecule has 0 atom stereocenters. The second-order valence-corrected chi connectivity index (χ2v) is 7.39. The molecule has 4 rings (SSSR count). The number of carbonyl (C=O) groups excluding carboxylic acids is 1. The molecule has 0 aliphatic heterocycles. The van der Waals surface area contributed by atoms with Gasteiger partial charge in [0, 0.05) is 15.6 Å². The molecule has 0 aliphatic carbocycles. The van der Waals surface area contributed by atoms with Gasteiger partial charge in [-0.2, -0.15) is 0 Å². The lowest BCUT2D eigenvalue weighted by Gasteiger charge is -2.12. The molecule has 0 amide bonds. The molecule has 7 heteroatoms. The van der Waals surface area contributed by atoms with Crippen LogP contribution < -0.4 is 10.2 Å². The molecular weight excluding hydrogens is 435 g/mol. The molecule has 0 aliphatic rings. The maximum Gasteiger partial charge on any atom is 0.343 e. The number of fused-ring (bicyclic) bond motifs is 1. The highest BCUT2D eigenvalue weighted by atomic mass is 35.5. The average Bonchev–Trinajstić information content (AvgIpc) is 2.71. The third kappa shape index (κ3) is 3.87. The largest absolute Gasteiger partial charge is 0.452 e. The topological polar surface area (TPSA) is 56.5 Å². The lowest BCUT2D eigenvalue weighted by atomic mass is 10.1. The first kappa shape index (κ1) is 19.5. The minimum Gasteiger partial charge on any atom is -0.452 e. The van der Waals surface area contributed by atoms with Gasteiger partial charge in [0.2, 0.25) is 11.2 Å². The summed E-state index contributed by atoms with van der Waals surface area (Å²) in [5, 5.41) is 1.23. The summed E-state index contributed by atoms with van der Waals surface area (Å²) in [6.45, 7) is 0. The zero-order chi connectivity index (χ0) is 20.5. The van der Waals surface area contributed by atoms with Crippen molar-refractivity contribution in [3.63, 3.8) is 0 Å². The number of carbonyl (C=O) groups is 1. The molecule has 1 heterocycles. The number of halogens is 3. The summed E-state index contributed by atoms with van der Waals surface area (Å²) in [6, 6.07) is 17.6. The number of benzene rings is 3. The van der Waals surface area contributed by atoms with Crippen LogP contribution in [-0.4, -0.2) is 5.97 Å². The molecule has 4 aromatic rings. The van der Waals surface area contributed by atoms with Gasteiger partial charge >= 0.3 is 5.97 Å². The summed E-state index contributed by atoms with van der Waals surface area (Å²) >= 11 is 18.3. The quantitative estimate of drug-likeness (QED) is 0.332. The van der Waals surface area contributed by atoms with Crippen molar-refractivity contribution in [2.75, 3.05) is 0 Å². The van der Waals surface area contributed by atoms with Gasteiger partial charge in [-0.25, -0.2) is 4.79 Å².